The fourth-order valence-electron chi connectivity index (χ4n) is 0.997. The van der Waals surface area contributed by atoms with Gasteiger partial charge in [0, 0.05) is 6.61 Å². The summed E-state index contributed by atoms with van der Waals surface area (Å²) in [6.07, 6.45) is 0. The molecule has 0 unspecified atom stereocenters. The topological polar surface area (TPSA) is 29.5 Å². The molecule has 3 heteroatoms. The highest BCUT2D eigenvalue weighted by molar-refractivity contribution is 6.59. The summed E-state index contributed by atoms with van der Waals surface area (Å²) in [6.45, 7) is 4.69. The van der Waals surface area contributed by atoms with E-state index in [1.807, 2.05) is 30.3 Å². The Balaban J connectivity index is 2.44. The molecule has 0 aliphatic heterocycles. The highest BCUT2D eigenvalue weighted by Gasteiger charge is 2.15. The van der Waals surface area contributed by atoms with Crippen LogP contribution in [0.2, 0.25) is 0 Å². The van der Waals surface area contributed by atoms with Gasteiger partial charge in [-0.2, -0.15) is 0 Å². The van der Waals surface area contributed by atoms with Gasteiger partial charge < -0.3 is 9.68 Å². The summed E-state index contributed by atoms with van der Waals surface area (Å²) in [5.74, 6) is 0.443. The first-order valence-corrected chi connectivity index (χ1v) is 4.54. The minimum absolute atomic E-state index is 0.443. The van der Waals surface area contributed by atoms with Gasteiger partial charge in [-0.1, -0.05) is 44.2 Å². The fraction of sp³-hybridized carbons (Fsp3) is 0.400. The zero-order chi connectivity index (χ0) is 9.68. The molecule has 1 aromatic carbocycles. The molecular formula is C10H15BO2. The molecular weight excluding hydrogens is 163 g/mol. The van der Waals surface area contributed by atoms with Crippen molar-refractivity contribution < 1.29 is 9.68 Å². The second kappa shape index (κ2) is 5.05. The molecule has 2 nitrogen and oxygen atoms in total. The molecule has 0 saturated heterocycles. The van der Waals surface area contributed by atoms with E-state index in [9.17, 15) is 5.02 Å². The van der Waals surface area contributed by atoms with E-state index in [1.54, 1.807) is 0 Å². The summed E-state index contributed by atoms with van der Waals surface area (Å²) in [7, 11) is -0.788. The van der Waals surface area contributed by atoms with Crippen LogP contribution in [0.1, 0.15) is 13.8 Å². The van der Waals surface area contributed by atoms with Crippen LogP contribution >= 0.6 is 0 Å². The lowest BCUT2D eigenvalue weighted by Gasteiger charge is -2.09. The van der Waals surface area contributed by atoms with Gasteiger partial charge in [-0.05, 0) is 11.4 Å². The first kappa shape index (κ1) is 10.3. The third-order valence-corrected chi connectivity index (χ3v) is 1.67. The molecule has 0 aliphatic carbocycles. The first-order chi connectivity index (χ1) is 6.20. The maximum Gasteiger partial charge on any atom is 0.491 e. The van der Waals surface area contributed by atoms with Crippen molar-refractivity contribution in [2.75, 3.05) is 6.61 Å². The summed E-state index contributed by atoms with van der Waals surface area (Å²) in [5, 5.41) is 9.55. The molecule has 0 amide bonds. The van der Waals surface area contributed by atoms with Gasteiger partial charge in [0.2, 0.25) is 0 Å². The Kier molecular flexibility index (Phi) is 3.99. The van der Waals surface area contributed by atoms with E-state index in [0.717, 1.165) is 5.46 Å². The third kappa shape index (κ3) is 3.62. The third-order valence-electron chi connectivity index (χ3n) is 1.67. The van der Waals surface area contributed by atoms with Crippen molar-refractivity contribution in [3.63, 3.8) is 0 Å². The van der Waals surface area contributed by atoms with Crippen LogP contribution in [0.15, 0.2) is 30.3 Å². The summed E-state index contributed by atoms with van der Waals surface area (Å²) in [6, 6.07) is 9.39. The monoisotopic (exact) mass is 178 g/mol. The lowest BCUT2D eigenvalue weighted by atomic mass is 9.79. The Morgan fingerprint density at radius 1 is 1.31 bits per heavy atom. The van der Waals surface area contributed by atoms with Gasteiger partial charge in [-0.25, -0.2) is 0 Å². The zero-order valence-corrected chi connectivity index (χ0v) is 8.10. The molecule has 0 aromatic heterocycles. The van der Waals surface area contributed by atoms with E-state index in [1.165, 1.54) is 0 Å². The van der Waals surface area contributed by atoms with Crippen molar-refractivity contribution in [2.45, 2.75) is 13.8 Å². The van der Waals surface area contributed by atoms with Gasteiger partial charge in [0.1, 0.15) is 0 Å². The molecule has 1 rings (SSSR count). The van der Waals surface area contributed by atoms with Crippen LogP contribution in [0.3, 0.4) is 0 Å². The fourth-order valence-corrected chi connectivity index (χ4v) is 0.997. The summed E-state index contributed by atoms with van der Waals surface area (Å²) >= 11 is 0. The van der Waals surface area contributed by atoms with Gasteiger partial charge >= 0.3 is 7.12 Å². The molecule has 0 saturated carbocycles. The summed E-state index contributed by atoms with van der Waals surface area (Å²) in [5.41, 5.74) is 0.808. The van der Waals surface area contributed by atoms with Gasteiger partial charge in [-0.3, -0.25) is 0 Å². The minimum atomic E-state index is -0.788. The van der Waals surface area contributed by atoms with E-state index >= 15 is 0 Å². The summed E-state index contributed by atoms with van der Waals surface area (Å²) in [4.78, 5) is 0. The number of benzene rings is 1. The van der Waals surface area contributed by atoms with E-state index in [2.05, 4.69) is 13.8 Å². The Labute approximate surface area is 79.7 Å². The largest absolute Gasteiger partial charge is 0.491 e. The van der Waals surface area contributed by atoms with Gasteiger partial charge in [0.25, 0.3) is 0 Å². The van der Waals surface area contributed by atoms with Crippen molar-refractivity contribution in [1.82, 2.24) is 0 Å². The maximum absolute atomic E-state index is 9.55. The van der Waals surface area contributed by atoms with Crippen LogP contribution in [-0.4, -0.2) is 18.7 Å². The Bertz CT molecular complexity index is 236. The molecule has 0 aliphatic rings. The molecule has 13 heavy (non-hydrogen) atoms. The lowest BCUT2D eigenvalue weighted by Crippen LogP contribution is -2.34. The van der Waals surface area contributed by atoms with Crippen LogP contribution in [-0.2, 0) is 4.65 Å². The van der Waals surface area contributed by atoms with E-state index in [-0.39, 0.29) is 0 Å². The smallest absolute Gasteiger partial charge is 0.423 e. The average molecular weight is 178 g/mol. The molecule has 0 atom stereocenters. The van der Waals surface area contributed by atoms with Gasteiger partial charge in [0.15, 0.2) is 0 Å². The first-order valence-electron chi connectivity index (χ1n) is 4.54. The van der Waals surface area contributed by atoms with Crippen molar-refractivity contribution in [3.8, 4) is 0 Å². The second-order valence-corrected chi connectivity index (χ2v) is 3.49. The molecule has 1 aromatic rings. The number of hydrogen-bond acceptors (Lipinski definition) is 2. The Hall–Kier alpha value is -0.795. The standard InChI is InChI=1S/C10H15BO2/c1-9(2)8-13-11(12)10-6-4-3-5-7-10/h3-7,9,12H,8H2,1-2H3. The SMILES string of the molecule is CC(C)COB(O)c1ccccc1. The predicted molar refractivity (Wildman–Crippen MR) is 54.8 cm³/mol. The van der Waals surface area contributed by atoms with Crippen LogP contribution < -0.4 is 5.46 Å². The van der Waals surface area contributed by atoms with Gasteiger partial charge in [0.05, 0.1) is 0 Å². The van der Waals surface area contributed by atoms with Crippen LogP contribution in [0.5, 0.6) is 0 Å². The zero-order valence-electron chi connectivity index (χ0n) is 8.10. The highest BCUT2D eigenvalue weighted by Crippen LogP contribution is 1.94. The predicted octanol–water partition coefficient (Wildman–Crippen LogP) is 1.05. The number of rotatable bonds is 4. The minimum Gasteiger partial charge on any atom is -0.423 e. The Morgan fingerprint density at radius 2 is 1.92 bits per heavy atom. The van der Waals surface area contributed by atoms with E-state index in [0.29, 0.717) is 12.5 Å². The molecule has 0 spiro atoms. The molecule has 0 bridgehead atoms. The molecule has 0 fully saturated rings. The van der Waals surface area contributed by atoms with Crippen LogP contribution in [0, 0.1) is 5.92 Å². The summed E-state index contributed by atoms with van der Waals surface area (Å²) < 4.78 is 5.24. The average Bonchev–Trinajstić information content (AvgIpc) is 2.15. The quantitative estimate of drug-likeness (QED) is 0.698. The molecule has 0 radical (unpaired) electrons. The van der Waals surface area contributed by atoms with Gasteiger partial charge in [-0.15, -0.1) is 0 Å². The van der Waals surface area contributed by atoms with E-state index < -0.39 is 7.12 Å². The highest BCUT2D eigenvalue weighted by atomic mass is 16.5. The second-order valence-electron chi connectivity index (χ2n) is 3.49. The van der Waals surface area contributed by atoms with Crippen LogP contribution in [0.25, 0.3) is 0 Å². The van der Waals surface area contributed by atoms with Crippen LogP contribution in [0.4, 0.5) is 0 Å². The van der Waals surface area contributed by atoms with Crippen molar-refractivity contribution in [1.29, 1.82) is 0 Å². The Morgan fingerprint density at radius 3 is 2.46 bits per heavy atom. The molecule has 0 heterocycles. The number of hydrogen-bond donors (Lipinski definition) is 1. The van der Waals surface area contributed by atoms with Crippen molar-refractivity contribution in [3.05, 3.63) is 30.3 Å². The lowest BCUT2D eigenvalue weighted by molar-refractivity contribution is 0.234. The molecule has 1 N–H and O–H groups in total. The van der Waals surface area contributed by atoms with E-state index in [4.69, 9.17) is 4.65 Å². The maximum atomic E-state index is 9.55. The molecule has 70 valence electrons. The van der Waals surface area contributed by atoms with Crippen molar-refractivity contribution in [2.24, 2.45) is 5.92 Å². The van der Waals surface area contributed by atoms with Crippen molar-refractivity contribution >= 4 is 12.6 Å². The normalized spacial score (nSPS) is 10.5.